The summed E-state index contributed by atoms with van der Waals surface area (Å²) in [6.07, 6.45) is 3.74. The minimum Gasteiger partial charge on any atom is -0.444 e. The van der Waals surface area contributed by atoms with Gasteiger partial charge in [0, 0.05) is 19.7 Å². The number of hydrogen-bond acceptors (Lipinski definition) is 3. The average molecular weight is 314 g/mol. The second kappa shape index (κ2) is 5.05. The normalized spacial score (nSPS) is 23.6. The molecule has 2 heterocycles. The maximum absolute atomic E-state index is 12.1. The molecule has 1 saturated heterocycles. The molecule has 0 aromatic carbocycles. The minimum atomic E-state index is -0.0433. The first kappa shape index (κ1) is 12.2. The molecular weight excluding hydrogens is 298 g/mol. The number of furan rings is 1. The van der Waals surface area contributed by atoms with E-state index in [1.54, 1.807) is 12.1 Å². The molecule has 4 nitrogen and oxygen atoms in total. The lowest BCUT2D eigenvalue weighted by atomic mass is 10.3. The molecule has 1 aromatic heterocycles. The van der Waals surface area contributed by atoms with Crippen molar-refractivity contribution in [3.05, 3.63) is 22.6 Å². The quantitative estimate of drug-likeness (QED) is 0.858. The fraction of sp³-hybridized carbons (Fsp3) is 0.615. The predicted molar refractivity (Wildman–Crippen MR) is 69.4 cm³/mol. The van der Waals surface area contributed by atoms with E-state index in [-0.39, 0.29) is 12.0 Å². The highest BCUT2D eigenvalue weighted by Gasteiger charge is 2.30. The zero-order chi connectivity index (χ0) is 12.5. The van der Waals surface area contributed by atoms with E-state index in [1.165, 1.54) is 12.8 Å². The van der Waals surface area contributed by atoms with Crippen molar-refractivity contribution in [1.29, 1.82) is 0 Å². The van der Waals surface area contributed by atoms with Crippen molar-refractivity contribution in [1.82, 2.24) is 4.90 Å². The van der Waals surface area contributed by atoms with Crippen molar-refractivity contribution in [3.8, 4) is 0 Å². The number of amides is 1. The molecule has 18 heavy (non-hydrogen) atoms. The molecule has 0 bridgehead atoms. The fourth-order valence-electron chi connectivity index (χ4n) is 2.19. The second-order valence-corrected chi connectivity index (χ2v) is 5.82. The van der Waals surface area contributed by atoms with Gasteiger partial charge in [0.2, 0.25) is 0 Å². The van der Waals surface area contributed by atoms with Crippen molar-refractivity contribution < 1.29 is 13.9 Å². The molecule has 1 aliphatic heterocycles. The molecule has 2 aliphatic rings. The van der Waals surface area contributed by atoms with E-state index in [0.717, 1.165) is 25.5 Å². The van der Waals surface area contributed by atoms with Gasteiger partial charge in [-0.3, -0.25) is 4.79 Å². The van der Waals surface area contributed by atoms with Gasteiger partial charge in [0.15, 0.2) is 10.4 Å². The largest absolute Gasteiger partial charge is 0.444 e. The number of hydrogen-bond donors (Lipinski definition) is 0. The van der Waals surface area contributed by atoms with Gasteiger partial charge in [0.1, 0.15) is 0 Å². The SMILES string of the molecule is O=C(c1ccc(Br)o1)N1CCC(OCC2CC2)C1. The zero-order valence-corrected chi connectivity index (χ0v) is 11.7. The summed E-state index contributed by atoms with van der Waals surface area (Å²) in [4.78, 5) is 13.9. The molecule has 5 heteroatoms. The van der Waals surface area contributed by atoms with Crippen LogP contribution in [0.15, 0.2) is 21.2 Å². The molecule has 0 radical (unpaired) electrons. The first-order valence-electron chi connectivity index (χ1n) is 6.38. The lowest BCUT2D eigenvalue weighted by molar-refractivity contribution is 0.0471. The van der Waals surface area contributed by atoms with Crippen LogP contribution < -0.4 is 0 Å². The molecule has 1 unspecified atom stereocenters. The summed E-state index contributed by atoms with van der Waals surface area (Å²) < 4.78 is 11.7. The molecule has 1 amide bonds. The smallest absolute Gasteiger partial charge is 0.289 e. The molecule has 0 spiro atoms. The molecule has 3 rings (SSSR count). The zero-order valence-electron chi connectivity index (χ0n) is 10.1. The number of likely N-dealkylation sites (tertiary alicyclic amines) is 1. The fourth-order valence-corrected chi connectivity index (χ4v) is 2.50. The number of nitrogens with zero attached hydrogens (tertiary/aromatic N) is 1. The Morgan fingerprint density at radius 3 is 2.94 bits per heavy atom. The van der Waals surface area contributed by atoms with Gasteiger partial charge in [0.25, 0.3) is 5.91 Å². The van der Waals surface area contributed by atoms with Crippen molar-refractivity contribution in [2.45, 2.75) is 25.4 Å². The summed E-state index contributed by atoms with van der Waals surface area (Å²) in [5.74, 6) is 1.12. The molecule has 1 aromatic rings. The molecule has 98 valence electrons. The average Bonchev–Trinajstić information content (AvgIpc) is 2.90. The van der Waals surface area contributed by atoms with E-state index in [2.05, 4.69) is 15.9 Å². The Labute approximate surface area is 114 Å². The third-order valence-corrected chi connectivity index (χ3v) is 3.91. The minimum absolute atomic E-state index is 0.0433. The highest BCUT2D eigenvalue weighted by Crippen LogP contribution is 2.30. The van der Waals surface area contributed by atoms with Crippen LogP contribution in [-0.2, 0) is 4.74 Å². The summed E-state index contributed by atoms with van der Waals surface area (Å²) in [6, 6.07) is 3.44. The summed E-state index contributed by atoms with van der Waals surface area (Å²) in [5, 5.41) is 0. The van der Waals surface area contributed by atoms with Crippen LogP contribution in [0.25, 0.3) is 0 Å². The van der Waals surface area contributed by atoms with Crippen LogP contribution in [0.5, 0.6) is 0 Å². The number of carbonyl (C=O) groups is 1. The van der Waals surface area contributed by atoms with Gasteiger partial charge in [-0.05, 0) is 53.2 Å². The number of ether oxygens (including phenoxy) is 1. The van der Waals surface area contributed by atoms with Gasteiger partial charge in [0.05, 0.1) is 6.10 Å². The number of carbonyl (C=O) groups excluding carboxylic acids is 1. The lowest BCUT2D eigenvalue weighted by Crippen LogP contribution is -2.30. The van der Waals surface area contributed by atoms with Crippen LogP contribution in [0.2, 0.25) is 0 Å². The Kier molecular flexibility index (Phi) is 3.43. The third kappa shape index (κ3) is 2.78. The van der Waals surface area contributed by atoms with Crippen LogP contribution in [0.1, 0.15) is 29.8 Å². The lowest BCUT2D eigenvalue weighted by Gasteiger charge is -2.15. The molecule has 0 N–H and O–H groups in total. The summed E-state index contributed by atoms with van der Waals surface area (Å²) in [5.41, 5.74) is 0. The van der Waals surface area contributed by atoms with Gasteiger partial charge in [-0.2, -0.15) is 0 Å². The predicted octanol–water partition coefficient (Wildman–Crippen LogP) is 2.68. The highest BCUT2D eigenvalue weighted by molar-refractivity contribution is 9.10. The number of halogens is 1. The summed E-state index contributed by atoms with van der Waals surface area (Å²) in [6.45, 7) is 2.30. The van der Waals surface area contributed by atoms with E-state index in [1.807, 2.05) is 4.90 Å². The van der Waals surface area contributed by atoms with Crippen molar-refractivity contribution in [2.75, 3.05) is 19.7 Å². The highest BCUT2D eigenvalue weighted by atomic mass is 79.9. The molecule has 2 fully saturated rings. The summed E-state index contributed by atoms with van der Waals surface area (Å²) in [7, 11) is 0. The van der Waals surface area contributed by atoms with Gasteiger partial charge in [-0.25, -0.2) is 0 Å². The van der Waals surface area contributed by atoms with E-state index in [9.17, 15) is 4.79 Å². The Hall–Kier alpha value is -0.810. The van der Waals surface area contributed by atoms with Crippen LogP contribution in [0, 0.1) is 5.92 Å². The van der Waals surface area contributed by atoms with E-state index >= 15 is 0 Å². The third-order valence-electron chi connectivity index (χ3n) is 3.48. The monoisotopic (exact) mass is 313 g/mol. The molecule has 1 saturated carbocycles. The van der Waals surface area contributed by atoms with Crippen LogP contribution in [-0.4, -0.2) is 36.6 Å². The topological polar surface area (TPSA) is 42.7 Å². The van der Waals surface area contributed by atoms with Crippen molar-refractivity contribution >= 4 is 21.8 Å². The Bertz CT molecular complexity index is 441. The molecular formula is C13H16BrNO3. The Morgan fingerprint density at radius 1 is 1.44 bits per heavy atom. The Balaban J connectivity index is 1.52. The van der Waals surface area contributed by atoms with Gasteiger partial charge in [-0.1, -0.05) is 0 Å². The van der Waals surface area contributed by atoms with Gasteiger partial charge >= 0.3 is 0 Å². The van der Waals surface area contributed by atoms with Crippen molar-refractivity contribution in [3.63, 3.8) is 0 Å². The van der Waals surface area contributed by atoms with Crippen LogP contribution in [0.4, 0.5) is 0 Å². The van der Waals surface area contributed by atoms with E-state index in [0.29, 0.717) is 17.0 Å². The first-order chi connectivity index (χ1) is 8.72. The van der Waals surface area contributed by atoms with Gasteiger partial charge < -0.3 is 14.1 Å². The second-order valence-electron chi connectivity index (χ2n) is 5.04. The van der Waals surface area contributed by atoms with Crippen LogP contribution >= 0.6 is 15.9 Å². The molecule has 1 atom stereocenters. The number of rotatable bonds is 4. The standard InChI is InChI=1S/C13H16BrNO3/c14-12-4-3-11(18-12)13(16)15-6-5-10(7-15)17-8-9-1-2-9/h3-4,9-10H,1-2,5-8H2. The van der Waals surface area contributed by atoms with Crippen LogP contribution in [0.3, 0.4) is 0 Å². The maximum Gasteiger partial charge on any atom is 0.289 e. The first-order valence-corrected chi connectivity index (χ1v) is 7.18. The Morgan fingerprint density at radius 2 is 2.28 bits per heavy atom. The summed E-state index contributed by atoms with van der Waals surface area (Å²) >= 11 is 3.21. The van der Waals surface area contributed by atoms with Crippen molar-refractivity contribution in [2.24, 2.45) is 5.92 Å². The van der Waals surface area contributed by atoms with E-state index < -0.39 is 0 Å². The maximum atomic E-state index is 12.1. The van der Waals surface area contributed by atoms with Gasteiger partial charge in [-0.15, -0.1) is 0 Å². The van der Waals surface area contributed by atoms with E-state index in [4.69, 9.17) is 9.15 Å². The molecule has 1 aliphatic carbocycles.